The number of halogens is 1. The van der Waals surface area contributed by atoms with E-state index in [2.05, 4.69) is 0 Å². The highest BCUT2D eigenvalue weighted by molar-refractivity contribution is 14.1. The van der Waals surface area contributed by atoms with Gasteiger partial charge >= 0.3 is 11.9 Å². The van der Waals surface area contributed by atoms with Crippen molar-refractivity contribution in [1.82, 2.24) is 0 Å². The highest BCUT2D eigenvalue weighted by Gasteiger charge is 2.41. The van der Waals surface area contributed by atoms with Crippen LogP contribution in [-0.2, 0) is 4.79 Å². The molecule has 0 saturated carbocycles. The van der Waals surface area contributed by atoms with Gasteiger partial charge in [0.1, 0.15) is 8.99 Å². The minimum Gasteiger partial charge on any atom is -0.448 e. The smallest absolute Gasteiger partial charge is 0.348 e. The Hall–Kier alpha value is -1.31. The molecule has 19 heavy (non-hydrogen) atoms. The molecule has 1 aliphatic heterocycles. The van der Waals surface area contributed by atoms with E-state index in [1.807, 2.05) is 29.5 Å². The van der Waals surface area contributed by atoms with E-state index in [0.717, 1.165) is 0 Å². The van der Waals surface area contributed by atoms with Gasteiger partial charge in [0, 0.05) is 5.56 Å². The number of esters is 2. The second-order valence-electron chi connectivity index (χ2n) is 4.75. The van der Waals surface area contributed by atoms with Crippen molar-refractivity contribution >= 4 is 45.7 Å². The molecule has 0 aliphatic carbocycles. The lowest BCUT2D eigenvalue weighted by Gasteiger charge is -2.17. The molecule has 0 spiro atoms. The van der Waals surface area contributed by atoms with Gasteiger partial charge in [-0.2, -0.15) is 0 Å². The minimum absolute atomic E-state index is 0.225. The largest absolute Gasteiger partial charge is 0.448 e. The molecule has 1 unspecified atom stereocenters. The third-order valence-corrected chi connectivity index (χ3v) is 4.65. The number of hydrogen-bond donors (Lipinski definition) is 0. The molecule has 1 aliphatic rings. The number of carbonyl (C=O) groups excluding carboxylic acids is 2. The van der Waals surface area contributed by atoms with Gasteiger partial charge in [0.2, 0.25) is 11.5 Å². The lowest BCUT2D eigenvalue weighted by Crippen LogP contribution is -2.31. The molecular formula is C13H11IO5. The quantitative estimate of drug-likeness (QED) is 0.357. The Balaban J connectivity index is 2.02. The molecule has 2 aromatic rings. The number of hydrogen-bond acceptors (Lipinski definition) is 5. The van der Waals surface area contributed by atoms with Crippen LogP contribution in [0.2, 0.25) is 0 Å². The molecule has 5 nitrogen and oxygen atoms in total. The van der Waals surface area contributed by atoms with Crippen molar-refractivity contribution in [2.45, 2.75) is 30.6 Å². The fourth-order valence-electron chi connectivity index (χ4n) is 2.01. The Bertz CT molecular complexity index is 697. The molecule has 3 rings (SSSR count). The van der Waals surface area contributed by atoms with Crippen LogP contribution in [0, 0.1) is 6.92 Å². The van der Waals surface area contributed by atoms with Gasteiger partial charge in [0.15, 0.2) is 11.2 Å². The summed E-state index contributed by atoms with van der Waals surface area (Å²) in [5, 5.41) is 0. The van der Waals surface area contributed by atoms with Gasteiger partial charge in [-0.1, -0.05) is 29.5 Å². The summed E-state index contributed by atoms with van der Waals surface area (Å²) in [5.74, 6) is -0.364. The van der Waals surface area contributed by atoms with Crippen molar-refractivity contribution < 1.29 is 23.5 Å². The van der Waals surface area contributed by atoms with Crippen LogP contribution in [-0.4, -0.2) is 15.4 Å². The summed E-state index contributed by atoms with van der Waals surface area (Å²) in [5.41, 5.74) is 1.91. The summed E-state index contributed by atoms with van der Waals surface area (Å²) >= 11 is 2.05. The Morgan fingerprint density at radius 1 is 1.42 bits per heavy atom. The maximum atomic E-state index is 12.1. The Morgan fingerprint density at radius 3 is 2.74 bits per heavy atom. The molecular weight excluding hydrogens is 363 g/mol. The summed E-state index contributed by atoms with van der Waals surface area (Å²) in [4.78, 5) is 23.7. The van der Waals surface area contributed by atoms with E-state index in [-0.39, 0.29) is 17.5 Å². The first-order chi connectivity index (χ1) is 8.86. The Kier molecular flexibility index (Phi) is 2.57. The van der Waals surface area contributed by atoms with Crippen molar-refractivity contribution in [3.8, 4) is 11.5 Å². The Labute approximate surface area is 122 Å². The van der Waals surface area contributed by atoms with Gasteiger partial charge in [0.25, 0.3) is 0 Å². The van der Waals surface area contributed by atoms with Crippen LogP contribution in [0.25, 0.3) is 11.2 Å². The van der Waals surface area contributed by atoms with E-state index in [1.54, 1.807) is 13.8 Å². The highest BCUT2D eigenvalue weighted by Crippen LogP contribution is 2.51. The summed E-state index contributed by atoms with van der Waals surface area (Å²) in [6.07, 6.45) is 0.641. The SMILES string of the molecule is CCC(C)(I)C(=O)Oc1c2c3oc1c(C)c3C(=O)O2. The number of carbonyl (C=O) groups is 2. The third kappa shape index (κ3) is 1.58. The van der Waals surface area contributed by atoms with Gasteiger partial charge in [-0.15, -0.1) is 0 Å². The second-order valence-corrected chi connectivity index (χ2v) is 7.13. The van der Waals surface area contributed by atoms with Crippen molar-refractivity contribution in [1.29, 1.82) is 0 Å². The lowest BCUT2D eigenvalue weighted by molar-refractivity contribution is -0.136. The topological polar surface area (TPSA) is 65.7 Å². The normalized spacial score (nSPS) is 16.7. The number of ether oxygens (including phenoxy) is 2. The molecule has 2 bridgehead atoms. The van der Waals surface area contributed by atoms with E-state index < -0.39 is 9.39 Å². The van der Waals surface area contributed by atoms with Crippen molar-refractivity contribution in [2.24, 2.45) is 0 Å². The summed E-state index contributed by atoms with van der Waals surface area (Å²) in [6.45, 7) is 5.45. The van der Waals surface area contributed by atoms with Crippen LogP contribution in [0.5, 0.6) is 11.5 Å². The molecule has 2 aromatic heterocycles. The number of rotatable bonds is 3. The van der Waals surface area contributed by atoms with Crippen molar-refractivity contribution in [2.75, 3.05) is 0 Å². The number of fused-ring (bicyclic) bond motifs is 1. The average molecular weight is 374 g/mol. The van der Waals surface area contributed by atoms with Gasteiger partial charge < -0.3 is 13.9 Å². The molecule has 0 radical (unpaired) electrons. The lowest BCUT2D eigenvalue weighted by atomic mass is 10.1. The average Bonchev–Trinajstić information content (AvgIpc) is 2.93. The summed E-state index contributed by atoms with van der Waals surface area (Å²) < 4.78 is 15.3. The predicted octanol–water partition coefficient (Wildman–Crippen LogP) is 3.22. The monoisotopic (exact) mass is 374 g/mol. The molecule has 0 saturated heterocycles. The van der Waals surface area contributed by atoms with E-state index in [4.69, 9.17) is 13.9 Å². The maximum Gasteiger partial charge on any atom is 0.348 e. The van der Waals surface area contributed by atoms with Crippen LogP contribution in [0.4, 0.5) is 0 Å². The molecule has 0 aromatic carbocycles. The fourth-order valence-corrected chi connectivity index (χ4v) is 2.12. The van der Waals surface area contributed by atoms with Crippen LogP contribution in [0.15, 0.2) is 4.42 Å². The van der Waals surface area contributed by atoms with E-state index in [0.29, 0.717) is 28.7 Å². The fraction of sp³-hybridized carbons (Fsp3) is 0.385. The Morgan fingerprint density at radius 2 is 2.11 bits per heavy atom. The number of furan rings is 2. The zero-order valence-corrected chi connectivity index (χ0v) is 12.8. The zero-order valence-electron chi connectivity index (χ0n) is 10.6. The van der Waals surface area contributed by atoms with Crippen LogP contribution in [0.3, 0.4) is 0 Å². The van der Waals surface area contributed by atoms with E-state index in [9.17, 15) is 9.59 Å². The number of alkyl halides is 1. The summed E-state index contributed by atoms with van der Waals surface area (Å²) in [7, 11) is 0. The minimum atomic E-state index is -0.624. The van der Waals surface area contributed by atoms with Crippen molar-refractivity contribution in [3.63, 3.8) is 0 Å². The van der Waals surface area contributed by atoms with Crippen LogP contribution >= 0.6 is 22.6 Å². The third-order valence-electron chi connectivity index (χ3n) is 3.45. The van der Waals surface area contributed by atoms with Gasteiger partial charge in [0.05, 0.1) is 0 Å². The van der Waals surface area contributed by atoms with Crippen molar-refractivity contribution in [3.05, 3.63) is 11.1 Å². The highest BCUT2D eigenvalue weighted by atomic mass is 127. The number of benzene rings is 1. The molecule has 1 atom stereocenters. The molecule has 0 fully saturated rings. The molecule has 100 valence electrons. The van der Waals surface area contributed by atoms with E-state index >= 15 is 0 Å². The molecule has 0 N–H and O–H groups in total. The molecule has 6 heteroatoms. The standard InChI is InChI=1S/C13H11IO5/c1-4-13(3,14)12(16)19-9-7-5(2)6-8(17-7)10(9)18-11(6)15/h4H2,1-3H3. The first kappa shape index (κ1) is 12.7. The van der Waals surface area contributed by atoms with Gasteiger partial charge in [-0.3, -0.25) is 4.79 Å². The predicted molar refractivity (Wildman–Crippen MR) is 75.4 cm³/mol. The van der Waals surface area contributed by atoms with Gasteiger partial charge in [-0.25, -0.2) is 4.79 Å². The number of aryl methyl sites for hydroxylation is 1. The molecule has 0 amide bonds. The van der Waals surface area contributed by atoms with Crippen LogP contribution in [0.1, 0.15) is 36.2 Å². The maximum absolute atomic E-state index is 12.1. The summed E-state index contributed by atoms with van der Waals surface area (Å²) in [6, 6.07) is 0. The molecule has 3 heterocycles. The van der Waals surface area contributed by atoms with E-state index in [1.165, 1.54) is 0 Å². The van der Waals surface area contributed by atoms with Crippen LogP contribution < -0.4 is 9.47 Å². The zero-order chi connectivity index (χ0) is 13.9. The van der Waals surface area contributed by atoms with Gasteiger partial charge in [-0.05, 0) is 20.3 Å². The first-order valence-electron chi connectivity index (χ1n) is 5.88. The first-order valence-corrected chi connectivity index (χ1v) is 6.96. The second kappa shape index (κ2) is 3.84.